The van der Waals surface area contributed by atoms with Crippen molar-refractivity contribution < 1.29 is 33.7 Å². The van der Waals surface area contributed by atoms with Gasteiger partial charge in [0, 0.05) is 0 Å². The van der Waals surface area contributed by atoms with E-state index in [1.807, 2.05) is 0 Å². The second-order valence-electron chi connectivity index (χ2n) is 4.52. The monoisotopic (exact) mass is 406 g/mol. The van der Waals surface area contributed by atoms with E-state index in [0.29, 0.717) is 0 Å². The van der Waals surface area contributed by atoms with Crippen molar-refractivity contribution in [2.24, 2.45) is 0 Å². The average molecular weight is 406 g/mol. The van der Waals surface area contributed by atoms with Gasteiger partial charge in [0.2, 0.25) is 0 Å². The fourth-order valence-electron chi connectivity index (χ4n) is 1.32. The third-order valence-corrected chi connectivity index (χ3v) is 10.1. The van der Waals surface area contributed by atoms with E-state index in [2.05, 4.69) is 0 Å². The quantitative estimate of drug-likeness (QED) is 0.422. The van der Waals surface area contributed by atoms with E-state index in [0.717, 1.165) is 37.2 Å². The summed E-state index contributed by atoms with van der Waals surface area (Å²) in [7, 11) is -12.6. The Kier molecular flexibility index (Phi) is 7.52. The molecule has 13 heteroatoms. The molecule has 8 nitrogen and oxygen atoms in total. The van der Waals surface area contributed by atoms with E-state index in [9.17, 15) is 25.3 Å². The molecule has 0 aromatic rings. The smallest absolute Gasteiger partial charge is 0.0787 e. The van der Waals surface area contributed by atoms with Gasteiger partial charge in [0.05, 0.1) is 0 Å². The van der Waals surface area contributed by atoms with Gasteiger partial charge >= 0.3 is 114 Å². The number of sulfone groups is 3. The van der Waals surface area contributed by atoms with Gasteiger partial charge in [-0.3, -0.25) is 0 Å². The van der Waals surface area contributed by atoms with Crippen molar-refractivity contribution in [2.45, 2.75) is 4.11 Å². The van der Waals surface area contributed by atoms with E-state index >= 15 is 0 Å². The molecule has 0 radical (unpaired) electrons. The molecule has 0 aliphatic carbocycles. The Morgan fingerprint density at radius 1 is 0.955 bits per heavy atom. The standard InChI is InChI=1S/C8H12O6S3.CH3O2S.Al/c1-15(9,10)6-4-8(17(3,13)14)5-7-16(2,11)12;1-4(2)3;/h4-6H,1-3H3;1H3;/q;-1;+1. The van der Waals surface area contributed by atoms with Crippen LogP contribution in [0.3, 0.4) is 0 Å². The van der Waals surface area contributed by atoms with Crippen LogP contribution in [0, 0.1) is 0 Å². The van der Waals surface area contributed by atoms with Crippen LogP contribution in [0.25, 0.3) is 0 Å². The first kappa shape index (κ1) is 21.8. The van der Waals surface area contributed by atoms with Crippen LogP contribution >= 0.6 is 0 Å². The first-order chi connectivity index (χ1) is 9.55. The Balaban J connectivity index is 0.000000980. The van der Waals surface area contributed by atoms with Gasteiger partial charge in [0.25, 0.3) is 0 Å². The fourth-order valence-corrected chi connectivity index (χ4v) is 7.23. The van der Waals surface area contributed by atoms with E-state index in [4.69, 9.17) is 8.42 Å². The molecule has 1 rings (SSSR count). The van der Waals surface area contributed by atoms with Crippen molar-refractivity contribution in [1.82, 2.24) is 0 Å². The first-order valence-electron chi connectivity index (χ1n) is 5.43. The molecule has 1 aliphatic rings. The van der Waals surface area contributed by atoms with E-state index in [1.54, 1.807) is 0 Å². The van der Waals surface area contributed by atoms with E-state index < -0.39 is 59.5 Å². The minimum Gasteiger partial charge on any atom is -0.424 e. The van der Waals surface area contributed by atoms with Crippen LogP contribution in [-0.2, 0) is 48.6 Å². The number of rotatable bonds is 3. The van der Waals surface area contributed by atoms with Gasteiger partial charge < -0.3 is 8.42 Å². The Bertz CT molecular complexity index is 864. The molecule has 1 atom stereocenters. The summed E-state index contributed by atoms with van der Waals surface area (Å²) in [5, 5.41) is 0. The molecular weight excluding hydrogens is 391 g/mol. The molecule has 1 aliphatic heterocycles. The summed E-state index contributed by atoms with van der Waals surface area (Å²) in [5.41, 5.74) is 0. The maximum atomic E-state index is 11.5. The number of hydrogen-bond acceptors (Lipinski definition) is 9. The molecule has 0 spiro atoms. The average Bonchev–Trinajstić information content (AvgIpc) is 2.24. The van der Waals surface area contributed by atoms with Gasteiger partial charge in [-0.2, -0.15) is 0 Å². The Labute approximate surface area is 138 Å². The van der Waals surface area contributed by atoms with Gasteiger partial charge in [0.1, 0.15) is 0 Å². The zero-order chi connectivity index (χ0) is 17.9. The summed E-state index contributed by atoms with van der Waals surface area (Å²) in [6.07, 6.45) is 6.08. The fraction of sp³-hybridized carbons (Fsp3) is 0.556. The van der Waals surface area contributed by atoms with Crippen LogP contribution in [0.5, 0.6) is 0 Å². The Morgan fingerprint density at radius 3 is 1.64 bits per heavy atom. The van der Waals surface area contributed by atoms with Gasteiger partial charge in [-0.15, -0.1) is 0 Å². The molecular formula is C9H15AlO8S4. The summed E-state index contributed by atoms with van der Waals surface area (Å²) in [6, 6.07) is 0. The van der Waals surface area contributed by atoms with Crippen molar-refractivity contribution in [3.63, 3.8) is 0 Å². The van der Waals surface area contributed by atoms with Gasteiger partial charge in [0.15, 0.2) is 0 Å². The maximum absolute atomic E-state index is 11.5. The minimum absolute atomic E-state index is 0.0964. The largest absolute Gasteiger partial charge is 0.424 e. The predicted octanol–water partition coefficient (Wildman–Crippen LogP) is -1.19. The minimum atomic E-state index is -3.64. The maximum Gasteiger partial charge on any atom is -0.0787 e. The molecule has 0 aromatic carbocycles. The van der Waals surface area contributed by atoms with Crippen molar-refractivity contribution in [1.29, 1.82) is 0 Å². The topological polar surface area (TPSA) is 137 Å². The predicted molar refractivity (Wildman–Crippen MR) is 84.9 cm³/mol. The van der Waals surface area contributed by atoms with Crippen LogP contribution in [-0.4, -0.2) is 69.6 Å². The SMILES string of the molecule is CS(=O)(=O)C1=C[CH](S(C)(=O)=O)[Al+][C](S(C)(=O)=O)=C1.C[S-](=O)=O. The van der Waals surface area contributed by atoms with Gasteiger partial charge in [-0.1, -0.05) is 17.0 Å². The molecule has 1 heterocycles. The molecule has 1 unspecified atom stereocenters. The number of hydrogen-bond donors (Lipinski definition) is 0. The van der Waals surface area contributed by atoms with Crippen LogP contribution in [0.15, 0.2) is 20.8 Å². The van der Waals surface area contributed by atoms with Gasteiger partial charge in [-0.05, 0) is 0 Å². The van der Waals surface area contributed by atoms with Crippen molar-refractivity contribution in [2.75, 3.05) is 25.0 Å². The van der Waals surface area contributed by atoms with Crippen molar-refractivity contribution >= 4 is 55.4 Å². The van der Waals surface area contributed by atoms with Crippen LogP contribution < -0.4 is 0 Å². The van der Waals surface area contributed by atoms with E-state index in [-0.39, 0.29) is 8.67 Å². The van der Waals surface area contributed by atoms with Crippen LogP contribution in [0.4, 0.5) is 0 Å². The Hall–Kier alpha value is -0.188. The molecule has 126 valence electrons. The number of allylic oxidation sites excluding steroid dienone is 1. The summed E-state index contributed by atoms with van der Waals surface area (Å²) in [4.78, 5) is -0.253. The summed E-state index contributed by atoms with van der Waals surface area (Å²) >= 11 is -1.06. The molecule has 0 fully saturated rings. The van der Waals surface area contributed by atoms with Gasteiger partial charge in [-0.25, -0.2) is 0 Å². The van der Waals surface area contributed by atoms with Crippen molar-refractivity contribution in [3.8, 4) is 0 Å². The van der Waals surface area contributed by atoms with Crippen LogP contribution in [0.1, 0.15) is 0 Å². The molecule has 22 heavy (non-hydrogen) atoms. The summed E-state index contributed by atoms with van der Waals surface area (Å²) in [6.45, 7) is 0. The molecule has 0 N–H and O–H groups in total. The van der Waals surface area contributed by atoms with Crippen LogP contribution in [0.2, 0.25) is 0 Å². The third-order valence-electron chi connectivity index (χ3n) is 2.29. The normalized spacial score (nSPS) is 19.0. The third kappa shape index (κ3) is 7.89. The second kappa shape index (κ2) is 7.59. The molecule has 0 aromatic heterocycles. The Morgan fingerprint density at radius 2 is 1.36 bits per heavy atom. The summed E-state index contributed by atoms with van der Waals surface area (Å²) < 4.78 is 85.7. The summed E-state index contributed by atoms with van der Waals surface area (Å²) in [5.74, 6) is 0. The molecule has 0 saturated heterocycles. The second-order valence-corrected chi connectivity index (χ2v) is 14.1. The molecule has 0 amide bonds. The molecule has 0 saturated carbocycles. The van der Waals surface area contributed by atoms with Crippen molar-refractivity contribution in [3.05, 3.63) is 20.8 Å². The zero-order valence-electron chi connectivity index (χ0n) is 12.2. The van der Waals surface area contributed by atoms with E-state index in [1.165, 1.54) is 0 Å². The molecule has 0 bridgehead atoms. The first-order valence-corrected chi connectivity index (χ1v) is 13.9. The zero-order valence-corrected chi connectivity index (χ0v) is 16.6.